The number of rotatable bonds is 7. The van der Waals surface area contributed by atoms with Gasteiger partial charge in [-0.2, -0.15) is 0 Å². The molecule has 11 nitrogen and oxygen atoms in total. The number of nitrogens with zero attached hydrogens (tertiary/aromatic N) is 4. The van der Waals surface area contributed by atoms with Crippen molar-refractivity contribution in [2.24, 2.45) is 11.8 Å². The van der Waals surface area contributed by atoms with E-state index in [0.717, 1.165) is 18.8 Å². The molecule has 1 N–H and O–H groups in total. The first-order valence-electron chi connectivity index (χ1n) is 17.7. The number of hydrogen-bond acceptors (Lipinski definition) is 8. The van der Waals surface area contributed by atoms with Crippen LogP contribution in [0, 0.1) is 11.8 Å². The van der Waals surface area contributed by atoms with Crippen molar-refractivity contribution < 1.29 is 33.8 Å². The smallest absolute Gasteiger partial charge is 0.313 e. The summed E-state index contributed by atoms with van der Waals surface area (Å²) in [4.78, 5) is 64.1. The maximum absolute atomic E-state index is 15.0. The van der Waals surface area contributed by atoms with E-state index in [1.54, 1.807) is 35.9 Å². The molecule has 0 aliphatic carbocycles. The Labute approximate surface area is 294 Å². The van der Waals surface area contributed by atoms with Gasteiger partial charge in [0.25, 0.3) is 5.91 Å². The number of cyclic esters (lactones) is 1. The molecule has 4 heterocycles. The van der Waals surface area contributed by atoms with Crippen molar-refractivity contribution in [3.05, 3.63) is 84.5 Å². The lowest BCUT2D eigenvalue weighted by Crippen LogP contribution is -2.58. The largest absolute Gasteiger partial charge is 0.455 e. The summed E-state index contributed by atoms with van der Waals surface area (Å²) < 4.78 is 12.8. The summed E-state index contributed by atoms with van der Waals surface area (Å²) in [6.45, 7) is 9.15. The number of carbonyl (C=O) groups is 4. The SMILES string of the molecule is CCN(CC)c1ccc(N2C/C=C\CCC(=O)N(C)[C@@H](C)[C@H](c3ccccc3)OC(=O)[C@@H]3[C@H]4C(=O)N([C@H](C)CO)[C@H](C2=O)[C@]42C=C[C@H]3O2)cc1. The molecule has 0 radical (unpaired) electrons. The Hall–Kier alpha value is -4.48. The van der Waals surface area contributed by atoms with E-state index in [0.29, 0.717) is 17.7 Å². The van der Waals surface area contributed by atoms with Crippen molar-refractivity contribution >= 4 is 35.1 Å². The van der Waals surface area contributed by atoms with Crippen LogP contribution in [0.3, 0.4) is 0 Å². The zero-order chi connectivity index (χ0) is 35.7. The molecule has 6 rings (SSSR count). The molecule has 0 saturated carbocycles. The number of carbonyl (C=O) groups excluding carboxylic acids is 4. The monoisotopic (exact) mass is 684 g/mol. The highest BCUT2D eigenvalue weighted by molar-refractivity contribution is 6.05. The van der Waals surface area contributed by atoms with Crippen molar-refractivity contribution in [3.63, 3.8) is 0 Å². The molecule has 0 aromatic heterocycles. The highest BCUT2D eigenvalue weighted by Crippen LogP contribution is 2.56. The molecule has 0 unspecified atom stereocenters. The van der Waals surface area contributed by atoms with Gasteiger partial charge in [0.2, 0.25) is 11.8 Å². The van der Waals surface area contributed by atoms with E-state index in [9.17, 15) is 19.5 Å². The third-order valence-corrected chi connectivity index (χ3v) is 10.9. The maximum Gasteiger partial charge on any atom is 0.313 e. The Bertz CT molecular complexity index is 1640. The van der Waals surface area contributed by atoms with Crippen molar-refractivity contribution in [1.82, 2.24) is 9.80 Å². The predicted molar refractivity (Wildman–Crippen MR) is 189 cm³/mol. The average molecular weight is 685 g/mol. The molecule has 1 spiro atoms. The highest BCUT2D eigenvalue weighted by atomic mass is 16.6. The summed E-state index contributed by atoms with van der Waals surface area (Å²) in [6, 6.07) is 14.6. The van der Waals surface area contributed by atoms with Gasteiger partial charge in [-0.05, 0) is 63.9 Å². The minimum Gasteiger partial charge on any atom is -0.455 e. The van der Waals surface area contributed by atoms with Gasteiger partial charge in [0, 0.05) is 44.5 Å². The van der Waals surface area contributed by atoms with E-state index in [1.165, 1.54) is 4.90 Å². The number of likely N-dealkylation sites (tertiary alicyclic amines) is 1. The van der Waals surface area contributed by atoms with Gasteiger partial charge in [-0.15, -0.1) is 0 Å². The molecule has 2 aromatic carbocycles. The first-order chi connectivity index (χ1) is 24.1. The minimum atomic E-state index is -1.44. The second-order valence-electron chi connectivity index (χ2n) is 13.6. The van der Waals surface area contributed by atoms with Gasteiger partial charge >= 0.3 is 5.97 Å². The summed E-state index contributed by atoms with van der Waals surface area (Å²) in [5.74, 6) is -3.66. The zero-order valence-electron chi connectivity index (χ0n) is 29.5. The number of anilines is 2. The van der Waals surface area contributed by atoms with Crippen LogP contribution >= 0.6 is 0 Å². The lowest BCUT2D eigenvalue weighted by atomic mass is 9.74. The Morgan fingerprint density at radius 1 is 0.980 bits per heavy atom. The number of amides is 3. The first-order valence-corrected chi connectivity index (χ1v) is 17.7. The third kappa shape index (κ3) is 6.00. The molecule has 3 amide bonds. The normalized spacial score (nSPS) is 31.2. The minimum absolute atomic E-state index is 0.114. The van der Waals surface area contributed by atoms with E-state index in [-0.39, 0.29) is 25.5 Å². The Morgan fingerprint density at radius 2 is 1.68 bits per heavy atom. The number of allylic oxidation sites excluding steroid dienone is 1. The van der Waals surface area contributed by atoms with Gasteiger partial charge < -0.3 is 34.2 Å². The highest BCUT2D eigenvalue weighted by Gasteiger charge is 2.74. The molecular weight excluding hydrogens is 636 g/mol. The Kier molecular flexibility index (Phi) is 10.2. The molecule has 5 bridgehead atoms. The zero-order valence-corrected chi connectivity index (χ0v) is 29.5. The quantitative estimate of drug-likeness (QED) is 0.345. The summed E-state index contributed by atoms with van der Waals surface area (Å²) in [6.07, 6.45) is 6.31. The maximum atomic E-state index is 15.0. The number of fused-ring (bicyclic) bond motifs is 2. The van der Waals surface area contributed by atoms with Gasteiger partial charge in [-0.25, -0.2) is 0 Å². The summed E-state index contributed by atoms with van der Waals surface area (Å²) in [7, 11) is 1.70. The molecule has 8 atom stereocenters. The van der Waals surface area contributed by atoms with Crippen LogP contribution in [-0.4, -0.2) is 102 Å². The number of esters is 1. The van der Waals surface area contributed by atoms with Crippen molar-refractivity contribution in [1.29, 1.82) is 0 Å². The second kappa shape index (κ2) is 14.4. The van der Waals surface area contributed by atoms with Crippen LogP contribution in [0.1, 0.15) is 52.2 Å². The van der Waals surface area contributed by atoms with Gasteiger partial charge in [0.05, 0.1) is 30.7 Å². The van der Waals surface area contributed by atoms with Gasteiger partial charge in [-0.1, -0.05) is 54.6 Å². The molecule has 2 saturated heterocycles. The second-order valence-corrected chi connectivity index (χ2v) is 13.6. The summed E-state index contributed by atoms with van der Waals surface area (Å²) in [5, 5.41) is 10.3. The molecule has 4 aliphatic heterocycles. The molecular formula is C39H48N4O7. The number of hydrogen-bond donors (Lipinski definition) is 1. The third-order valence-electron chi connectivity index (χ3n) is 10.9. The Balaban J connectivity index is 1.45. The average Bonchev–Trinajstić information content (AvgIpc) is 3.79. The lowest BCUT2D eigenvalue weighted by molar-refractivity contribution is -0.164. The van der Waals surface area contributed by atoms with Crippen LogP contribution in [0.5, 0.6) is 0 Å². The Morgan fingerprint density at radius 3 is 2.34 bits per heavy atom. The fraction of sp³-hybridized carbons (Fsp3) is 0.487. The van der Waals surface area contributed by atoms with Crippen LogP contribution in [0.15, 0.2) is 78.9 Å². The number of ether oxygens (including phenoxy) is 2. The van der Waals surface area contributed by atoms with E-state index in [1.807, 2.05) is 73.7 Å². The van der Waals surface area contributed by atoms with Crippen molar-refractivity contribution in [2.75, 3.05) is 43.1 Å². The van der Waals surface area contributed by atoms with Gasteiger partial charge in [-0.3, -0.25) is 19.2 Å². The predicted octanol–water partition coefficient (Wildman–Crippen LogP) is 3.88. The molecule has 50 heavy (non-hydrogen) atoms. The molecule has 11 heteroatoms. The molecule has 4 aliphatic rings. The van der Waals surface area contributed by atoms with Crippen LogP contribution in [0.4, 0.5) is 11.4 Å². The number of benzene rings is 2. The molecule has 2 fully saturated rings. The number of aliphatic hydroxyl groups excluding tert-OH is 1. The van der Waals surface area contributed by atoms with E-state index in [4.69, 9.17) is 9.47 Å². The van der Waals surface area contributed by atoms with Crippen LogP contribution < -0.4 is 9.80 Å². The fourth-order valence-corrected chi connectivity index (χ4v) is 8.02. The van der Waals surface area contributed by atoms with Crippen LogP contribution in [0.25, 0.3) is 0 Å². The van der Waals surface area contributed by atoms with Crippen LogP contribution in [0.2, 0.25) is 0 Å². The molecule has 2 aromatic rings. The van der Waals surface area contributed by atoms with E-state index >= 15 is 4.79 Å². The van der Waals surface area contributed by atoms with Gasteiger partial charge in [0.1, 0.15) is 23.7 Å². The van der Waals surface area contributed by atoms with E-state index in [2.05, 4.69) is 18.7 Å². The molecule has 266 valence electrons. The summed E-state index contributed by atoms with van der Waals surface area (Å²) in [5.41, 5.74) is 0.915. The van der Waals surface area contributed by atoms with Crippen molar-refractivity contribution in [2.45, 2.75) is 76.5 Å². The number of aliphatic hydroxyl groups is 1. The van der Waals surface area contributed by atoms with Crippen molar-refractivity contribution in [3.8, 4) is 0 Å². The first kappa shape index (κ1) is 35.3. The standard InChI is InChI=1S/C39H48N4O7/c1-6-41(7-2)28-17-19-29(20-18-28)42-23-13-9-12-16-31(45)40(5)26(4)34(27-14-10-8-11-15-27)49-38(48)32-30-21-22-39(50-30)33(32)36(46)43(25(3)24-44)35(39)37(42)47/h8-11,13-15,17-22,25-26,30,32-35,44H,6-7,12,16,23-24H2,1-5H3/b13-9-/t25-,26+,30-,32+,33+,34-,35-,39+/m1/s1. The topological polar surface area (TPSA) is 120 Å². The fourth-order valence-electron chi connectivity index (χ4n) is 8.02. The lowest BCUT2D eigenvalue weighted by Gasteiger charge is -2.38. The van der Waals surface area contributed by atoms with E-state index < -0.39 is 65.6 Å². The number of likely N-dealkylation sites (N-methyl/N-ethyl adjacent to an activating group) is 1. The van der Waals surface area contributed by atoms with Gasteiger partial charge in [0.15, 0.2) is 0 Å². The summed E-state index contributed by atoms with van der Waals surface area (Å²) >= 11 is 0. The van der Waals surface area contributed by atoms with Crippen LogP contribution in [-0.2, 0) is 28.7 Å².